The lowest BCUT2D eigenvalue weighted by molar-refractivity contribution is 0.625. The van der Waals surface area contributed by atoms with Crippen LogP contribution in [0.2, 0.25) is 0 Å². The van der Waals surface area contributed by atoms with E-state index in [1.165, 1.54) is 24.3 Å². The quantitative estimate of drug-likeness (QED) is 0.366. The first-order valence-corrected chi connectivity index (χ1v) is 9.22. The van der Waals surface area contributed by atoms with Crippen LogP contribution in [-0.2, 0) is 0 Å². The number of alkyl halides is 4. The summed E-state index contributed by atoms with van der Waals surface area (Å²) in [6, 6.07) is 8.92. The molecule has 0 saturated carbocycles. The Labute approximate surface area is 149 Å². The van der Waals surface area contributed by atoms with Gasteiger partial charge < -0.3 is 0 Å². The Bertz CT molecular complexity index is 571. The molecule has 2 rings (SSSR count). The van der Waals surface area contributed by atoms with Crippen LogP contribution in [0.4, 0.5) is 8.78 Å². The van der Waals surface area contributed by atoms with Gasteiger partial charge in [0.25, 0.3) is 0 Å². The van der Waals surface area contributed by atoms with Crippen LogP contribution in [0.15, 0.2) is 36.4 Å². The highest BCUT2D eigenvalue weighted by molar-refractivity contribution is 9.24. The van der Waals surface area contributed by atoms with Gasteiger partial charge in [0, 0.05) is 0 Å². The Hall–Kier alpha value is 0.220. The van der Waals surface area contributed by atoms with Crippen LogP contribution in [0, 0.1) is 11.6 Å². The number of benzene rings is 2. The van der Waals surface area contributed by atoms with Gasteiger partial charge in [-0.2, -0.15) is 0 Å². The SMILES string of the molecule is Fc1ccc(C(Br)Br)c(-c2cc(F)ccc2C(Br)Br)c1. The lowest BCUT2D eigenvalue weighted by atomic mass is 9.96. The fraction of sp³-hybridized carbons (Fsp3) is 0.143. The second-order valence-corrected chi connectivity index (χ2v) is 10.2. The Morgan fingerprint density at radius 1 is 0.650 bits per heavy atom. The molecule has 2 aromatic rings. The molecule has 0 aliphatic heterocycles. The van der Waals surface area contributed by atoms with Crippen molar-refractivity contribution < 1.29 is 8.78 Å². The Balaban J connectivity index is 2.73. The molecule has 0 aromatic heterocycles. The van der Waals surface area contributed by atoms with E-state index >= 15 is 0 Å². The first-order valence-electron chi connectivity index (χ1n) is 5.55. The molecule has 0 aliphatic rings. The summed E-state index contributed by atoms with van der Waals surface area (Å²) >= 11 is 13.6. The minimum atomic E-state index is -0.361. The molecule has 0 atom stereocenters. The van der Waals surface area contributed by atoms with Crippen molar-refractivity contribution in [3.05, 3.63) is 59.2 Å². The lowest BCUT2D eigenvalue weighted by Gasteiger charge is -2.16. The van der Waals surface area contributed by atoms with Gasteiger partial charge in [-0.3, -0.25) is 0 Å². The molecule has 0 amide bonds. The summed E-state index contributed by atoms with van der Waals surface area (Å²) < 4.78 is 26.9. The number of rotatable bonds is 3. The smallest absolute Gasteiger partial charge is 0.123 e. The molecule has 2 aromatic carbocycles. The van der Waals surface area contributed by atoms with Crippen molar-refractivity contribution in [2.24, 2.45) is 0 Å². The van der Waals surface area contributed by atoms with Gasteiger partial charge in [0.15, 0.2) is 0 Å². The number of hydrogen-bond acceptors (Lipinski definition) is 0. The summed E-state index contributed by atoms with van der Waals surface area (Å²) in [5.41, 5.74) is 2.95. The first kappa shape index (κ1) is 16.6. The molecule has 0 nitrogen and oxygen atoms in total. The summed E-state index contributed by atoms with van der Waals surface area (Å²) in [5, 5.41) is 0. The van der Waals surface area contributed by atoms with E-state index in [0.29, 0.717) is 11.1 Å². The highest BCUT2D eigenvalue weighted by Crippen LogP contribution is 2.42. The molecular formula is C14H8Br4F2. The van der Waals surface area contributed by atoms with Crippen LogP contribution in [0.25, 0.3) is 11.1 Å². The fourth-order valence-corrected chi connectivity index (χ4v) is 3.50. The first-order chi connectivity index (χ1) is 9.40. The second-order valence-electron chi connectivity index (χ2n) is 4.06. The molecule has 106 valence electrons. The standard InChI is InChI=1S/C14H8Br4F2/c15-13(16)9-3-1-7(19)5-11(9)12-6-8(20)2-4-10(12)14(17)18/h1-6,13-14H. The van der Waals surface area contributed by atoms with E-state index in [4.69, 9.17) is 0 Å². The molecule has 0 unspecified atom stereocenters. The zero-order valence-electron chi connectivity index (χ0n) is 9.89. The predicted molar refractivity (Wildman–Crippen MR) is 93.0 cm³/mol. The van der Waals surface area contributed by atoms with Crippen molar-refractivity contribution >= 4 is 63.7 Å². The van der Waals surface area contributed by atoms with Crippen LogP contribution >= 0.6 is 63.7 Å². The van der Waals surface area contributed by atoms with Gasteiger partial charge in [-0.25, -0.2) is 8.78 Å². The van der Waals surface area contributed by atoms with Crippen molar-refractivity contribution in [2.45, 2.75) is 7.47 Å². The van der Waals surface area contributed by atoms with Crippen LogP contribution in [0.5, 0.6) is 0 Å². The molecule has 0 saturated heterocycles. The van der Waals surface area contributed by atoms with Gasteiger partial charge in [0.05, 0.1) is 7.47 Å². The van der Waals surface area contributed by atoms with Gasteiger partial charge in [-0.05, 0) is 46.5 Å². The third-order valence-electron chi connectivity index (χ3n) is 2.79. The van der Waals surface area contributed by atoms with E-state index in [1.54, 1.807) is 12.1 Å². The highest BCUT2D eigenvalue weighted by Gasteiger charge is 2.18. The zero-order chi connectivity index (χ0) is 14.9. The summed E-state index contributed by atoms with van der Waals surface area (Å²) in [4.78, 5) is 0. The summed E-state index contributed by atoms with van der Waals surface area (Å²) in [6.07, 6.45) is 0. The van der Waals surface area contributed by atoms with E-state index in [-0.39, 0.29) is 19.1 Å². The average molecular weight is 534 g/mol. The van der Waals surface area contributed by atoms with Crippen molar-refractivity contribution in [1.29, 1.82) is 0 Å². The summed E-state index contributed by atoms with van der Waals surface area (Å²) in [7, 11) is 0. The minimum Gasteiger partial charge on any atom is -0.207 e. The molecule has 6 heteroatoms. The third-order valence-corrected chi connectivity index (χ3v) is 4.76. The lowest BCUT2D eigenvalue weighted by Crippen LogP contribution is -1.95. The van der Waals surface area contributed by atoms with Crippen LogP contribution in [-0.4, -0.2) is 0 Å². The molecule has 20 heavy (non-hydrogen) atoms. The Morgan fingerprint density at radius 3 is 1.30 bits per heavy atom. The largest absolute Gasteiger partial charge is 0.207 e. The maximum Gasteiger partial charge on any atom is 0.123 e. The molecule has 0 aliphatic carbocycles. The van der Waals surface area contributed by atoms with E-state index < -0.39 is 0 Å². The van der Waals surface area contributed by atoms with Gasteiger partial charge in [0.1, 0.15) is 11.6 Å². The van der Waals surface area contributed by atoms with Gasteiger partial charge >= 0.3 is 0 Å². The maximum atomic E-state index is 13.6. The average Bonchev–Trinajstić information content (AvgIpc) is 2.37. The topological polar surface area (TPSA) is 0 Å². The molecule has 0 radical (unpaired) electrons. The minimum absolute atomic E-state index is 0.147. The molecule has 0 spiro atoms. The third kappa shape index (κ3) is 3.70. The molecule has 0 N–H and O–H groups in total. The van der Waals surface area contributed by atoms with E-state index in [1.807, 2.05) is 0 Å². The molecule has 0 heterocycles. The normalized spacial score (nSPS) is 11.4. The van der Waals surface area contributed by atoms with Crippen LogP contribution < -0.4 is 0 Å². The zero-order valence-corrected chi connectivity index (χ0v) is 16.2. The Morgan fingerprint density at radius 2 is 1.00 bits per heavy atom. The molecule has 0 bridgehead atoms. The molecular weight excluding hydrogens is 526 g/mol. The van der Waals surface area contributed by atoms with Gasteiger partial charge in [0.2, 0.25) is 0 Å². The van der Waals surface area contributed by atoms with E-state index in [0.717, 1.165) is 11.1 Å². The summed E-state index contributed by atoms with van der Waals surface area (Å²) in [5.74, 6) is -0.722. The van der Waals surface area contributed by atoms with Crippen LogP contribution in [0.3, 0.4) is 0 Å². The van der Waals surface area contributed by atoms with Crippen molar-refractivity contribution in [1.82, 2.24) is 0 Å². The monoisotopic (exact) mass is 530 g/mol. The Kier molecular flexibility index (Phi) is 5.79. The number of halogens is 6. The maximum absolute atomic E-state index is 13.6. The second kappa shape index (κ2) is 6.99. The van der Waals surface area contributed by atoms with Crippen molar-refractivity contribution in [3.63, 3.8) is 0 Å². The van der Waals surface area contributed by atoms with Crippen molar-refractivity contribution in [2.75, 3.05) is 0 Å². The predicted octanol–water partition coefficient (Wildman–Crippen LogP) is 7.21. The fourth-order valence-electron chi connectivity index (χ4n) is 1.90. The van der Waals surface area contributed by atoms with Crippen molar-refractivity contribution in [3.8, 4) is 11.1 Å². The highest BCUT2D eigenvalue weighted by atomic mass is 79.9. The van der Waals surface area contributed by atoms with E-state index in [9.17, 15) is 8.78 Å². The molecule has 0 fully saturated rings. The van der Waals surface area contributed by atoms with E-state index in [2.05, 4.69) is 63.7 Å². The number of hydrogen-bond donors (Lipinski definition) is 0. The van der Waals surface area contributed by atoms with Crippen LogP contribution in [0.1, 0.15) is 18.6 Å². The van der Waals surface area contributed by atoms with Gasteiger partial charge in [-0.1, -0.05) is 75.9 Å². The summed E-state index contributed by atoms with van der Waals surface area (Å²) in [6.45, 7) is 0. The van der Waals surface area contributed by atoms with Gasteiger partial charge in [-0.15, -0.1) is 0 Å².